The minimum atomic E-state index is -0.305. The van der Waals surface area contributed by atoms with E-state index in [0.717, 1.165) is 37.0 Å². The van der Waals surface area contributed by atoms with Gasteiger partial charge in [0.05, 0.1) is 7.11 Å². The van der Waals surface area contributed by atoms with Gasteiger partial charge in [-0.25, -0.2) is 4.79 Å². The zero-order valence-corrected chi connectivity index (χ0v) is 18.3. The van der Waals surface area contributed by atoms with Gasteiger partial charge in [0.1, 0.15) is 11.9 Å². The number of amides is 1. The Labute approximate surface area is 172 Å². The summed E-state index contributed by atoms with van der Waals surface area (Å²) in [5, 5.41) is 2.88. The number of nitrogens with one attached hydrogen (secondary N) is 1. The van der Waals surface area contributed by atoms with Crippen LogP contribution in [0.3, 0.4) is 0 Å². The molecule has 0 saturated carbocycles. The molecule has 0 radical (unpaired) electrons. The molecule has 1 N–H and O–H groups in total. The fourth-order valence-electron chi connectivity index (χ4n) is 3.32. The van der Waals surface area contributed by atoms with Gasteiger partial charge in [0.25, 0.3) is 0 Å². The Bertz CT molecular complexity index is 501. The third-order valence-corrected chi connectivity index (χ3v) is 5.13. The number of unbranched alkanes of at least 4 members (excludes halogenated alkanes) is 8. The topological polar surface area (TPSA) is 47.6 Å². The number of carbonyl (C=O) groups is 1. The predicted molar refractivity (Wildman–Crippen MR) is 117 cm³/mol. The standard InChI is InChI=1S/C24H41NO3/c1-4-6-8-9-10-11-13-15-23(14-12-7-5-2)28-24(26)25-20-21-16-18-22(27-3)19-17-21/h16-19,23H,4-15,20H2,1-3H3,(H,25,26). The Balaban J connectivity index is 2.31. The Morgan fingerprint density at radius 2 is 1.39 bits per heavy atom. The third kappa shape index (κ3) is 11.9. The Kier molecular flexibility index (Phi) is 14.1. The van der Waals surface area contributed by atoms with Crippen LogP contribution in [0.1, 0.15) is 96.5 Å². The molecule has 0 aliphatic rings. The largest absolute Gasteiger partial charge is 0.497 e. The lowest BCUT2D eigenvalue weighted by Gasteiger charge is -2.18. The second kappa shape index (κ2) is 16.3. The van der Waals surface area contributed by atoms with Crippen LogP contribution in [0.25, 0.3) is 0 Å². The molecule has 0 spiro atoms. The molecule has 1 rings (SSSR count). The highest BCUT2D eigenvalue weighted by Crippen LogP contribution is 2.16. The van der Waals surface area contributed by atoms with Crippen LogP contribution in [0.2, 0.25) is 0 Å². The van der Waals surface area contributed by atoms with Crippen LogP contribution in [0.4, 0.5) is 4.79 Å². The van der Waals surface area contributed by atoms with Crippen LogP contribution in [0, 0.1) is 0 Å². The third-order valence-electron chi connectivity index (χ3n) is 5.13. The molecule has 1 atom stereocenters. The number of rotatable bonds is 16. The van der Waals surface area contributed by atoms with Gasteiger partial charge in [0, 0.05) is 6.54 Å². The van der Waals surface area contributed by atoms with Gasteiger partial charge in [-0.15, -0.1) is 0 Å². The average Bonchev–Trinajstić information content (AvgIpc) is 2.72. The number of carbonyl (C=O) groups excluding carboxylic acids is 1. The van der Waals surface area contributed by atoms with Crippen LogP contribution in [0.15, 0.2) is 24.3 Å². The SMILES string of the molecule is CCCCCCCCCC(CCCCC)OC(=O)NCc1ccc(OC)cc1. The molecule has 1 aromatic rings. The smallest absolute Gasteiger partial charge is 0.407 e. The number of hydrogen-bond acceptors (Lipinski definition) is 3. The maximum atomic E-state index is 12.2. The van der Waals surface area contributed by atoms with Crippen LogP contribution >= 0.6 is 0 Å². The molecule has 0 saturated heterocycles. The molecule has 1 amide bonds. The van der Waals surface area contributed by atoms with E-state index >= 15 is 0 Å². The Hall–Kier alpha value is -1.71. The molecule has 4 nitrogen and oxygen atoms in total. The van der Waals surface area contributed by atoms with E-state index in [9.17, 15) is 4.79 Å². The quantitative estimate of drug-likeness (QED) is 0.308. The number of alkyl carbamates (subject to hydrolysis) is 1. The fraction of sp³-hybridized carbons (Fsp3) is 0.708. The fourth-order valence-corrected chi connectivity index (χ4v) is 3.32. The molecule has 0 aromatic heterocycles. The lowest BCUT2D eigenvalue weighted by molar-refractivity contribution is 0.0838. The van der Waals surface area contributed by atoms with Gasteiger partial charge in [-0.2, -0.15) is 0 Å². The second-order valence-electron chi connectivity index (χ2n) is 7.63. The normalized spacial score (nSPS) is 11.8. The number of methoxy groups -OCH3 is 1. The molecule has 0 aliphatic heterocycles. The van der Waals surface area contributed by atoms with Crippen molar-refractivity contribution >= 4 is 6.09 Å². The van der Waals surface area contributed by atoms with Gasteiger partial charge in [-0.1, -0.05) is 77.3 Å². The zero-order chi connectivity index (χ0) is 20.5. The van der Waals surface area contributed by atoms with E-state index in [4.69, 9.17) is 9.47 Å². The molecular weight excluding hydrogens is 350 g/mol. The van der Waals surface area contributed by atoms with Crippen molar-refractivity contribution in [3.8, 4) is 5.75 Å². The van der Waals surface area contributed by atoms with Crippen molar-refractivity contribution in [2.24, 2.45) is 0 Å². The number of benzene rings is 1. The Morgan fingerprint density at radius 3 is 2.00 bits per heavy atom. The average molecular weight is 392 g/mol. The Morgan fingerprint density at radius 1 is 0.857 bits per heavy atom. The molecule has 1 aromatic carbocycles. The van der Waals surface area contributed by atoms with Crippen molar-refractivity contribution in [2.75, 3.05) is 7.11 Å². The van der Waals surface area contributed by atoms with Crippen LogP contribution in [0.5, 0.6) is 5.75 Å². The van der Waals surface area contributed by atoms with Crippen molar-refractivity contribution in [3.63, 3.8) is 0 Å². The van der Waals surface area contributed by atoms with Gasteiger partial charge in [0.15, 0.2) is 0 Å². The van der Waals surface area contributed by atoms with E-state index in [2.05, 4.69) is 19.2 Å². The second-order valence-corrected chi connectivity index (χ2v) is 7.63. The summed E-state index contributed by atoms with van der Waals surface area (Å²) >= 11 is 0. The van der Waals surface area contributed by atoms with Gasteiger partial charge in [0.2, 0.25) is 0 Å². The van der Waals surface area contributed by atoms with Crippen molar-refractivity contribution in [1.82, 2.24) is 5.32 Å². The lowest BCUT2D eigenvalue weighted by atomic mass is 10.0. The first kappa shape index (κ1) is 24.3. The van der Waals surface area contributed by atoms with E-state index < -0.39 is 0 Å². The van der Waals surface area contributed by atoms with Crippen molar-refractivity contribution < 1.29 is 14.3 Å². The molecule has 4 heteroatoms. The van der Waals surface area contributed by atoms with Gasteiger partial charge in [-0.3, -0.25) is 0 Å². The molecule has 0 fully saturated rings. The first-order valence-electron chi connectivity index (χ1n) is 11.3. The van der Waals surface area contributed by atoms with Crippen molar-refractivity contribution in [2.45, 2.75) is 104 Å². The predicted octanol–water partition coefficient (Wildman–Crippen LogP) is 7.01. The highest BCUT2D eigenvalue weighted by Gasteiger charge is 2.14. The highest BCUT2D eigenvalue weighted by molar-refractivity contribution is 5.67. The molecule has 0 bridgehead atoms. The first-order chi connectivity index (χ1) is 13.7. The lowest BCUT2D eigenvalue weighted by Crippen LogP contribution is -2.28. The summed E-state index contributed by atoms with van der Waals surface area (Å²) in [4.78, 5) is 12.2. The molecule has 0 aliphatic carbocycles. The van der Waals surface area contributed by atoms with Crippen LogP contribution in [-0.4, -0.2) is 19.3 Å². The summed E-state index contributed by atoms with van der Waals surface area (Å²) in [7, 11) is 1.65. The maximum Gasteiger partial charge on any atom is 0.407 e. The summed E-state index contributed by atoms with van der Waals surface area (Å²) in [6.45, 7) is 4.92. The molecule has 0 heterocycles. The summed E-state index contributed by atoms with van der Waals surface area (Å²) in [6, 6.07) is 7.71. The van der Waals surface area contributed by atoms with E-state index in [-0.39, 0.29) is 12.2 Å². The van der Waals surface area contributed by atoms with Gasteiger partial charge in [-0.05, 0) is 43.4 Å². The summed E-state index contributed by atoms with van der Waals surface area (Å²) in [6.07, 6.45) is 14.2. The minimum Gasteiger partial charge on any atom is -0.497 e. The first-order valence-corrected chi connectivity index (χ1v) is 11.3. The maximum absolute atomic E-state index is 12.2. The minimum absolute atomic E-state index is 0.0399. The van der Waals surface area contributed by atoms with E-state index in [0.29, 0.717) is 6.54 Å². The molecular formula is C24H41NO3. The van der Waals surface area contributed by atoms with E-state index in [1.807, 2.05) is 24.3 Å². The van der Waals surface area contributed by atoms with Crippen LogP contribution < -0.4 is 10.1 Å². The molecule has 28 heavy (non-hydrogen) atoms. The summed E-state index contributed by atoms with van der Waals surface area (Å²) < 4.78 is 10.9. The summed E-state index contributed by atoms with van der Waals surface area (Å²) in [5.41, 5.74) is 1.03. The van der Waals surface area contributed by atoms with Crippen molar-refractivity contribution in [1.29, 1.82) is 0 Å². The van der Waals surface area contributed by atoms with Gasteiger partial charge < -0.3 is 14.8 Å². The van der Waals surface area contributed by atoms with E-state index in [1.54, 1.807) is 7.11 Å². The highest BCUT2D eigenvalue weighted by atomic mass is 16.6. The zero-order valence-electron chi connectivity index (χ0n) is 18.3. The number of ether oxygens (including phenoxy) is 2. The van der Waals surface area contributed by atoms with E-state index in [1.165, 1.54) is 51.4 Å². The van der Waals surface area contributed by atoms with Crippen molar-refractivity contribution in [3.05, 3.63) is 29.8 Å². The monoisotopic (exact) mass is 391 g/mol. The van der Waals surface area contributed by atoms with Crippen LogP contribution in [-0.2, 0) is 11.3 Å². The van der Waals surface area contributed by atoms with Gasteiger partial charge >= 0.3 is 6.09 Å². The molecule has 160 valence electrons. The number of hydrogen-bond donors (Lipinski definition) is 1. The molecule has 1 unspecified atom stereocenters. The summed E-state index contributed by atoms with van der Waals surface area (Å²) in [5.74, 6) is 0.817.